The van der Waals surface area contributed by atoms with Gasteiger partial charge in [0, 0.05) is 13.2 Å². The van der Waals surface area contributed by atoms with Crippen molar-refractivity contribution in [1.29, 1.82) is 0 Å². The molecule has 2 heterocycles. The van der Waals surface area contributed by atoms with Crippen LogP contribution in [-0.4, -0.2) is 61.9 Å². The number of urea groups is 1. The molecule has 0 aliphatic heterocycles. The summed E-state index contributed by atoms with van der Waals surface area (Å²) in [4.78, 5) is 23.7. The van der Waals surface area contributed by atoms with Gasteiger partial charge in [0.2, 0.25) is 17.7 Å². The molecule has 2 amide bonds. The third kappa shape index (κ3) is 5.92. The molecule has 0 unspecified atom stereocenters. The van der Waals surface area contributed by atoms with Gasteiger partial charge in [-0.2, -0.15) is 18.4 Å². The molecule has 0 saturated heterocycles. The SMILES string of the molecule is COc1cc(OC)nc(NC(=O)NS(=O)(=O)c2cccc(NCCCO)n2)n1. The van der Waals surface area contributed by atoms with E-state index in [0.29, 0.717) is 13.0 Å². The average Bonchev–Trinajstić information content (AvgIpc) is 2.67. The summed E-state index contributed by atoms with van der Waals surface area (Å²) < 4.78 is 36.5. The molecule has 0 aliphatic rings. The van der Waals surface area contributed by atoms with Crippen molar-refractivity contribution >= 4 is 27.8 Å². The van der Waals surface area contributed by atoms with Crippen molar-refractivity contribution in [1.82, 2.24) is 19.7 Å². The van der Waals surface area contributed by atoms with Crippen LogP contribution in [0.25, 0.3) is 0 Å². The summed E-state index contributed by atoms with van der Waals surface area (Å²) in [6.07, 6.45) is 0.476. The molecule has 0 bridgehead atoms. The second kappa shape index (κ2) is 9.66. The first-order chi connectivity index (χ1) is 13.4. The van der Waals surface area contributed by atoms with E-state index in [1.807, 2.05) is 4.72 Å². The van der Waals surface area contributed by atoms with Gasteiger partial charge in [-0.3, -0.25) is 5.32 Å². The maximum Gasteiger partial charge on any atom is 0.335 e. The fraction of sp³-hybridized carbons (Fsp3) is 0.333. The Morgan fingerprint density at radius 3 is 2.43 bits per heavy atom. The van der Waals surface area contributed by atoms with Crippen LogP contribution in [0.3, 0.4) is 0 Å². The first kappa shape index (κ1) is 21.1. The summed E-state index contributed by atoms with van der Waals surface area (Å²) in [6, 6.07) is 4.57. The van der Waals surface area contributed by atoms with Crippen LogP contribution in [-0.2, 0) is 10.0 Å². The molecule has 0 atom stereocenters. The lowest BCUT2D eigenvalue weighted by Gasteiger charge is -2.10. The number of methoxy groups -OCH3 is 2. The predicted molar refractivity (Wildman–Crippen MR) is 98.9 cm³/mol. The van der Waals surface area contributed by atoms with E-state index in [1.54, 1.807) is 6.07 Å². The number of carbonyl (C=O) groups is 1. The number of aliphatic hydroxyl groups excluding tert-OH is 1. The number of amides is 2. The maximum absolute atomic E-state index is 12.4. The molecule has 0 saturated carbocycles. The van der Waals surface area contributed by atoms with Gasteiger partial charge in [0.1, 0.15) is 5.82 Å². The van der Waals surface area contributed by atoms with Crippen molar-refractivity contribution < 1.29 is 27.8 Å². The number of pyridine rings is 1. The standard InChI is InChI=1S/C15H20N6O6S/c1-26-11-9-12(27-2)19-14(18-11)20-15(23)21-28(24,25)13-6-3-5-10(17-13)16-7-4-8-22/h3,5-6,9,22H,4,7-8H2,1-2H3,(H,16,17)(H2,18,19,20,21,23). The van der Waals surface area contributed by atoms with Crippen molar-refractivity contribution in [2.75, 3.05) is 38.0 Å². The monoisotopic (exact) mass is 412 g/mol. The Hall–Kier alpha value is -3.19. The van der Waals surface area contributed by atoms with E-state index in [-0.39, 0.29) is 35.2 Å². The van der Waals surface area contributed by atoms with Crippen LogP contribution >= 0.6 is 0 Å². The van der Waals surface area contributed by atoms with E-state index in [9.17, 15) is 13.2 Å². The number of aliphatic hydroxyl groups is 1. The summed E-state index contributed by atoms with van der Waals surface area (Å²) in [7, 11) is -1.52. The Kier molecular flexibility index (Phi) is 7.28. The smallest absolute Gasteiger partial charge is 0.335 e. The van der Waals surface area contributed by atoms with Gasteiger partial charge in [-0.1, -0.05) is 6.07 Å². The lowest BCUT2D eigenvalue weighted by molar-refractivity contribution is 0.256. The van der Waals surface area contributed by atoms with Crippen molar-refractivity contribution in [2.45, 2.75) is 11.4 Å². The van der Waals surface area contributed by atoms with Crippen LogP contribution in [0.2, 0.25) is 0 Å². The highest BCUT2D eigenvalue weighted by molar-refractivity contribution is 7.90. The number of anilines is 2. The van der Waals surface area contributed by atoms with Gasteiger partial charge < -0.3 is 19.9 Å². The second-order valence-corrected chi connectivity index (χ2v) is 6.83. The Morgan fingerprint density at radius 1 is 1.14 bits per heavy atom. The van der Waals surface area contributed by atoms with E-state index in [0.717, 1.165) is 0 Å². The molecule has 13 heteroatoms. The number of ether oxygens (including phenoxy) is 2. The van der Waals surface area contributed by atoms with Crippen LogP contribution in [0.1, 0.15) is 6.42 Å². The second-order valence-electron chi connectivity index (χ2n) is 5.20. The fourth-order valence-electron chi connectivity index (χ4n) is 1.93. The van der Waals surface area contributed by atoms with Crippen LogP contribution in [0.4, 0.5) is 16.6 Å². The van der Waals surface area contributed by atoms with E-state index in [2.05, 4.69) is 25.6 Å². The molecule has 2 rings (SSSR count). The minimum atomic E-state index is -4.24. The molecule has 2 aromatic heterocycles. The molecule has 0 aliphatic carbocycles. The molecule has 0 spiro atoms. The maximum atomic E-state index is 12.4. The minimum Gasteiger partial charge on any atom is -0.481 e. The number of hydrogen-bond donors (Lipinski definition) is 4. The Balaban J connectivity index is 2.09. The van der Waals surface area contributed by atoms with Gasteiger partial charge >= 0.3 is 6.03 Å². The third-order valence-corrected chi connectivity index (χ3v) is 4.42. The molecule has 4 N–H and O–H groups in total. The highest BCUT2D eigenvalue weighted by Gasteiger charge is 2.20. The number of hydrogen-bond acceptors (Lipinski definition) is 10. The first-order valence-electron chi connectivity index (χ1n) is 8.00. The van der Waals surface area contributed by atoms with E-state index in [1.165, 1.54) is 32.4 Å². The van der Waals surface area contributed by atoms with Gasteiger partial charge in [-0.05, 0) is 18.6 Å². The van der Waals surface area contributed by atoms with Crippen LogP contribution in [0, 0.1) is 0 Å². The molecule has 0 fully saturated rings. The van der Waals surface area contributed by atoms with Gasteiger partial charge in [0.05, 0.1) is 20.3 Å². The topological polar surface area (TPSA) is 165 Å². The summed E-state index contributed by atoms with van der Waals surface area (Å²) in [6.45, 7) is 0.403. The van der Waals surface area contributed by atoms with Gasteiger partial charge in [0.25, 0.3) is 10.0 Å². The molecular weight excluding hydrogens is 392 g/mol. The number of nitrogens with one attached hydrogen (secondary N) is 3. The fourth-order valence-corrected chi connectivity index (χ4v) is 2.80. The highest BCUT2D eigenvalue weighted by Crippen LogP contribution is 2.17. The molecule has 0 aromatic carbocycles. The molecule has 28 heavy (non-hydrogen) atoms. The molecule has 12 nitrogen and oxygen atoms in total. The summed E-state index contributed by atoms with van der Waals surface area (Å²) in [5.74, 6) is 0.315. The zero-order valence-corrected chi connectivity index (χ0v) is 16.0. The minimum absolute atomic E-state index is 0.0101. The molecular formula is C15H20N6O6S. The highest BCUT2D eigenvalue weighted by atomic mass is 32.2. The summed E-state index contributed by atoms with van der Waals surface area (Å²) in [5, 5.41) is 13.5. The normalized spacial score (nSPS) is 10.8. The van der Waals surface area contributed by atoms with Crippen molar-refractivity contribution in [3.63, 3.8) is 0 Å². The lowest BCUT2D eigenvalue weighted by atomic mass is 10.4. The van der Waals surface area contributed by atoms with Crippen molar-refractivity contribution in [3.8, 4) is 11.8 Å². The first-order valence-corrected chi connectivity index (χ1v) is 9.49. The third-order valence-electron chi connectivity index (χ3n) is 3.19. The van der Waals surface area contributed by atoms with Gasteiger partial charge in [0.15, 0.2) is 5.03 Å². The zero-order chi connectivity index (χ0) is 20.6. The van der Waals surface area contributed by atoms with Crippen molar-refractivity contribution in [2.24, 2.45) is 0 Å². The quantitative estimate of drug-likeness (QED) is 0.418. The van der Waals surface area contributed by atoms with Gasteiger partial charge in [-0.25, -0.2) is 14.5 Å². The summed E-state index contributed by atoms with van der Waals surface area (Å²) in [5.41, 5.74) is 0. The van der Waals surface area contributed by atoms with E-state index < -0.39 is 16.1 Å². The number of sulfonamides is 1. The summed E-state index contributed by atoms with van der Waals surface area (Å²) >= 11 is 0. The van der Waals surface area contributed by atoms with E-state index >= 15 is 0 Å². The predicted octanol–water partition coefficient (Wildman–Crippen LogP) is 0.194. The van der Waals surface area contributed by atoms with Crippen LogP contribution < -0.4 is 24.8 Å². The lowest BCUT2D eigenvalue weighted by Crippen LogP contribution is -2.35. The molecule has 2 aromatic rings. The van der Waals surface area contributed by atoms with E-state index in [4.69, 9.17) is 14.6 Å². The number of nitrogens with zero attached hydrogens (tertiary/aromatic N) is 3. The average molecular weight is 412 g/mol. The molecule has 0 radical (unpaired) electrons. The molecule has 152 valence electrons. The Labute approximate surface area is 161 Å². The van der Waals surface area contributed by atoms with Crippen molar-refractivity contribution in [3.05, 3.63) is 24.3 Å². The number of rotatable bonds is 9. The zero-order valence-electron chi connectivity index (χ0n) is 15.2. The van der Waals surface area contributed by atoms with Gasteiger partial charge in [-0.15, -0.1) is 0 Å². The van der Waals surface area contributed by atoms with Crippen LogP contribution in [0.15, 0.2) is 29.3 Å². The number of aromatic nitrogens is 3. The Bertz CT molecular complexity index is 901. The number of carbonyl (C=O) groups excluding carboxylic acids is 1. The largest absolute Gasteiger partial charge is 0.481 e. The van der Waals surface area contributed by atoms with Crippen LogP contribution in [0.5, 0.6) is 11.8 Å². The Morgan fingerprint density at radius 2 is 1.82 bits per heavy atom.